The maximum absolute atomic E-state index is 11.7. The third-order valence-corrected chi connectivity index (χ3v) is 4.28. The average Bonchev–Trinajstić information content (AvgIpc) is 2.74. The number of piperidine rings is 1. The van der Waals surface area contributed by atoms with E-state index in [1.54, 1.807) is 0 Å². The highest BCUT2D eigenvalue weighted by Crippen LogP contribution is 2.33. The van der Waals surface area contributed by atoms with E-state index in [-0.39, 0.29) is 0 Å². The number of carbonyl (C=O) groups is 1. The highest BCUT2D eigenvalue weighted by molar-refractivity contribution is 6.00. The minimum Gasteiger partial charge on any atom is -0.316 e. The maximum atomic E-state index is 11.7. The number of carbonyl (C=O) groups excluding carboxylic acids is 1. The molecule has 2 heteroatoms. The normalized spacial score (nSPS) is 23.8. The van der Waals surface area contributed by atoms with E-state index in [1.807, 2.05) is 0 Å². The fourth-order valence-corrected chi connectivity index (χ4v) is 3.29. The Labute approximate surface area is 102 Å². The van der Waals surface area contributed by atoms with Crippen molar-refractivity contribution < 1.29 is 4.79 Å². The Hall–Kier alpha value is -1.15. The van der Waals surface area contributed by atoms with Gasteiger partial charge in [0.2, 0.25) is 0 Å². The first-order valence-electron chi connectivity index (χ1n) is 6.63. The van der Waals surface area contributed by atoms with Gasteiger partial charge in [-0.15, -0.1) is 0 Å². The van der Waals surface area contributed by atoms with Gasteiger partial charge >= 0.3 is 0 Å². The summed E-state index contributed by atoms with van der Waals surface area (Å²) in [6.45, 7) is 4.44. The van der Waals surface area contributed by atoms with E-state index in [0.717, 1.165) is 25.1 Å². The van der Waals surface area contributed by atoms with Crippen LogP contribution in [0.3, 0.4) is 0 Å². The van der Waals surface area contributed by atoms with E-state index < -0.39 is 0 Å². The fraction of sp³-hybridized carbons (Fsp3) is 0.533. The van der Waals surface area contributed by atoms with Crippen LogP contribution in [0.1, 0.15) is 52.2 Å². The van der Waals surface area contributed by atoms with E-state index in [2.05, 4.69) is 24.4 Å². The number of rotatable bonds is 1. The molecule has 2 aliphatic rings. The predicted octanol–water partition coefficient (Wildman–Crippen LogP) is 2.59. The Morgan fingerprint density at radius 3 is 2.94 bits per heavy atom. The molecule has 0 aromatic heterocycles. The van der Waals surface area contributed by atoms with Crippen molar-refractivity contribution in [2.45, 2.75) is 38.5 Å². The Morgan fingerprint density at radius 2 is 2.18 bits per heavy atom. The number of benzene rings is 1. The zero-order chi connectivity index (χ0) is 11.8. The highest BCUT2D eigenvalue weighted by Gasteiger charge is 2.25. The van der Waals surface area contributed by atoms with Crippen molar-refractivity contribution in [3.05, 3.63) is 34.4 Å². The van der Waals surface area contributed by atoms with Gasteiger partial charge in [-0.1, -0.05) is 12.1 Å². The van der Waals surface area contributed by atoms with Crippen LogP contribution in [0.5, 0.6) is 0 Å². The molecular formula is C15H19NO. The van der Waals surface area contributed by atoms with Crippen LogP contribution in [0, 0.1) is 6.92 Å². The fourth-order valence-electron chi connectivity index (χ4n) is 3.29. The van der Waals surface area contributed by atoms with Crippen LogP contribution in [-0.4, -0.2) is 18.9 Å². The van der Waals surface area contributed by atoms with Crippen LogP contribution in [0.15, 0.2) is 12.1 Å². The molecule has 1 fully saturated rings. The van der Waals surface area contributed by atoms with E-state index in [0.29, 0.717) is 18.1 Å². The molecule has 17 heavy (non-hydrogen) atoms. The molecule has 90 valence electrons. The molecule has 1 aromatic carbocycles. The molecule has 1 aliphatic heterocycles. The lowest BCUT2D eigenvalue weighted by Gasteiger charge is -2.25. The largest absolute Gasteiger partial charge is 0.316 e. The van der Waals surface area contributed by atoms with E-state index in [1.165, 1.54) is 29.5 Å². The van der Waals surface area contributed by atoms with Crippen LogP contribution < -0.4 is 5.32 Å². The molecular weight excluding hydrogens is 210 g/mol. The number of hydrogen-bond donors (Lipinski definition) is 1. The van der Waals surface area contributed by atoms with Crippen molar-refractivity contribution in [2.24, 2.45) is 0 Å². The summed E-state index contributed by atoms with van der Waals surface area (Å²) < 4.78 is 0. The number of nitrogens with one attached hydrogen (secondary N) is 1. The number of hydrogen-bond acceptors (Lipinski definition) is 2. The van der Waals surface area contributed by atoms with Gasteiger partial charge in [0.05, 0.1) is 0 Å². The van der Waals surface area contributed by atoms with Gasteiger partial charge in [-0.25, -0.2) is 0 Å². The zero-order valence-corrected chi connectivity index (χ0v) is 10.4. The van der Waals surface area contributed by atoms with Gasteiger partial charge in [0.15, 0.2) is 5.78 Å². The van der Waals surface area contributed by atoms with E-state index >= 15 is 0 Å². The summed E-state index contributed by atoms with van der Waals surface area (Å²) in [6, 6.07) is 4.25. The standard InChI is InChI=1S/C15H19NO/c1-10-12(11-3-2-8-16-9-11)4-5-14-13(10)6-7-15(14)17/h4-5,11,16H,2-3,6-9H2,1H3. The molecule has 2 nitrogen and oxygen atoms in total. The molecule has 0 amide bonds. The first kappa shape index (κ1) is 11.0. The van der Waals surface area contributed by atoms with Crippen molar-refractivity contribution in [2.75, 3.05) is 13.1 Å². The Kier molecular flexibility index (Phi) is 2.75. The molecule has 3 rings (SSSR count). The van der Waals surface area contributed by atoms with Gasteiger partial charge in [0.25, 0.3) is 0 Å². The van der Waals surface area contributed by atoms with Crippen LogP contribution >= 0.6 is 0 Å². The van der Waals surface area contributed by atoms with Gasteiger partial charge in [-0.3, -0.25) is 4.79 Å². The van der Waals surface area contributed by atoms with Crippen LogP contribution in [0.25, 0.3) is 0 Å². The second-order valence-electron chi connectivity index (χ2n) is 5.27. The number of Topliss-reactive ketones (excluding diaryl/α,β-unsaturated/α-hetero) is 1. The van der Waals surface area contributed by atoms with E-state index in [4.69, 9.17) is 0 Å². The van der Waals surface area contributed by atoms with Crippen molar-refractivity contribution in [1.29, 1.82) is 0 Å². The monoisotopic (exact) mass is 229 g/mol. The molecule has 1 unspecified atom stereocenters. The minimum atomic E-state index is 0.330. The highest BCUT2D eigenvalue weighted by atomic mass is 16.1. The van der Waals surface area contributed by atoms with Gasteiger partial charge < -0.3 is 5.32 Å². The molecule has 0 saturated carbocycles. The lowest BCUT2D eigenvalue weighted by molar-refractivity contribution is 0.0994. The third kappa shape index (κ3) is 1.81. The summed E-state index contributed by atoms with van der Waals surface area (Å²) in [5.41, 5.74) is 5.14. The molecule has 0 spiro atoms. The molecule has 0 bridgehead atoms. The third-order valence-electron chi connectivity index (χ3n) is 4.28. The molecule has 1 saturated heterocycles. The van der Waals surface area contributed by atoms with E-state index in [9.17, 15) is 4.79 Å². The summed E-state index contributed by atoms with van der Waals surface area (Å²) in [5.74, 6) is 0.973. The number of fused-ring (bicyclic) bond motifs is 1. The Balaban J connectivity index is 1.99. The van der Waals surface area contributed by atoms with Gasteiger partial charge in [0, 0.05) is 18.5 Å². The van der Waals surface area contributed by atoms with Crippen LogP contribution in [0.4, 0.5) is 0 Å². The summed E-state index contributed by atoms with van der Waals surface area (Å²) >= 11 is 0. The average molecular weight is 229 g/mol. The number of ketones is 1. The molecule has 0 radical (unpaired) electrons. The topological polar surface area (TPSA) is 29.1 Å². The SMILES string of the molecule is Cc1c(C2CCCNC2)ccc2c1CCC2=O. The van der Waals surface area contributed by atoms with Gasteiger partial charge in [-0.2, -0.15) is 0 Å². The lowest BCUT2D eigenvalue weighted by atomic mass is 9.86. The minimum absolute atomic E-state index is 0.330. The molecule has 1 aromatic rings. The van der Waals surface area contributed by atoms with Crippen molar-refractivity contribution in [3.8, 4) is 0 Å². The zero-order valence-electron chi connectivity index (χ0n) is 10.4. The molecule has 1 heterocycles. The predicted molar refractivity (Wildman–Crippen MR) is 68.7 cm³/mol. The Bertz CT molecular complexity index is 458. The second kappa shape index (κ2) is 4.26. The van der Waals surface area contributed by atoms with Gasteiger partial charge in [-0.05, 0) is 55.3 Å². The molecule has 1 N–H and O–H groups in total. The quantitative estimate of drug-likeness (QED) is 0.802. The smallest absolute Gasteiger partial charge is 0.163 e. The molecule has 1 atom stereocenters. The van der Waals surface area contributed by atoms with Crippen molar-refractivity contribution >= 4 is 5.78 Å². The first-order valence-corrected chi connectivity index (χ1v) is 6.63. The summed E-state index contributed by atoms with van der Waals surface area (Å²) in [7, 11) is 0. The molecule has 1 aliphatic carbocycles. The van der Waals surface area contributed by atoms with Crippen molar-refractivity contribution in [1.82, 2.24) is 5.32 Å². The Morgan fingerprint density at radius 1 is 1.29 bits per heavy atom. The van der Waals surface area contributed by atoms with Crippen LogP contribution in [0.2, 0.25) is 0 Å². The summed E-state index contributed by atoms with van der Waals surface area (Å²) in [5, 5.41) is 3.47. The summed E-state index contributed by atoms with van der Waals surface area (Å²) in [4.78, 5) is 11.7. The van der Waals surface area contributed by atoms with Crippen LogP contribution in [-0.2, 0) is 6.42 Å². The lowest BCUT2D eigenvalue weighted by Crippen LogP contribution is -2.28. The first-order chi connectivity index (χ1) is 8.27. The van der Waals surface area contributed by atoms with Crippen molar-refractivity contribution in [3.63, 3.8) is 0 Å². The summed E-state index contributed by atoms with van der Waals surface area (Å²) in [6.07, 6.45) is 4.21. The second-order valence-corrected chi connectivity index (χ2v) is 5.27. The van der Waals surface area contributed by atoms with Gasteiger partial charge in [0.1, 0.15) is 0 Å². The maximum Gasteiger partial charge on any atom is 0.163 e.